The zero-order valence-electron chi connectivity index (χ0n) is 11.5. The van der Waals surface area contributed by atoms with Crippen LogP contribution in [0.15, 0.2) is 18.3 Å². The smallest absolute Gasteiger partial charge is 0.419 e. The summed E-state index contributed by atoms with van der Waals surface area (Å²) < 4.78 is 43.3. The van der Waals surface area contributed by atoms with Crippen LogP contribution >= 0.6 is 0 Å². The fraction of sp³-hybridized carbons (Fsp3) is 0.538. The van der Waals surface area contributed by atoms with Crippen molar-refractivity contribution in [3.63, 3.8) is 0 Å². The molecular formula is C13H16F3N3O2. The van der Waals surface area contributed by atoms with Gasteiger partial charge in [0.15, 0.2) is 0 Å². The van der Waals surface area contributed by atoms with E-state index in [2.05, 4.69) is 15.0 Å². The molecular weight excluding hydrogens is 287 g/mol. The van der Waals surface area contributed by atoms with Crippen LogP contribution in [0.2, 0.25) is 0 Å². The number of carbonyl (C=O) groups excluding carboxylic acids is 1. The second kappa shape index (κ2) is 6.19. The number of piperidine rings is 1. The van der Waals surface area contributed by atoms with Crippen molar-refractivity contribution < 1.29 is 22.7 Å². The van der Waals surface area contributed by atoms with Crippen LogP contribution < -0.4 is 5.32 Å². The average Bonchev–Trinajstić information content (AvgIpc) is 2.46. The number of methoxy groups -OCH3 is 1. The van der Waals surface area contributed by atoms with Crippen LogP contribution in [0.5, 0.6) is 0 Å². The van der Waals surface area contributed by atoms with Crippen LogP contribution in [-0.2, 0) is 10.9 Å². The monoisotopic (exact) mass is 303 g/mol. The first-order valence-corrected chi connectivity index (χ1v) is 6.53. The molecule has 1 aromatic rings. The maximum atomic E-state index is 12.9. The van der Waals surface area contributed by atoms with Crippen molar-refractivity contribution in [1.29, 1.82) is 0 Å². The highest BCUT2D eigenvalue weighted by atomic mass is 19.4. The summed E-state index contributed by atoms with van der Waals surface area (Å²) >= 11 is 0. The normalized spacial score (nSPS) is 19.2. The Morgan fingerprint density at radius 2 is 2.29 bits per heavy atom. The molecule has 1 amide bonds. The molecule has 116 valence electrons. The minimum Gasteiger partial charge on any atom is -0.453 e. The number of anilines is 1. The van der Waals surface area contributed by atoms with Gasteiger partial charge in [-0.1, -0.05) is 0 Å². The molecule has 0 radical (unpaired) electrons. The van der Waals surface area contributed by atoms with Crippen molar-refractivity contribution >= 4 is 11.9 Å². The molecule has 8 heteroatoms. The number of nitrogens with zero attached hydrogens (tertiary/aromatic N) is 2. The summed E-state index contributed by atoms with van der Waals surface area (Å²) in [5.41, 5.74) is -0.805. The summed E-state index contributed by atoms with van der Waals surface area (Å²) in [6.45, 7) is 0.833. The zero-order valence-corrected chi connectivity index (χ0v) is 11.5. The first-order valence-electron chi connectivity index (χ1n) is 6.53. The van der Waals surface area contributed by atoms with Crippen molar-refractivity contribution in [2.75, 3.05) is 25.5 Å². The van der Waals surface area contributed by atoms with E-state index in [0.29, 0.717) is 25.9 Å². The van der Waals surface area contributed by atoms with Crippen LogP contribution in [0, 0.1) is 0 Å². The van der Waals surface area contributed by atoms with Gasteiger partial charge in [-0.3, -0.25) is 0 Å². The molecule has 0 spiro atoms. The fourth-order valence-corrected chi connectivity index (χ4v) is 2.33. The fourth-order valence-electron chi connectivity index (χ4n) is 2.33. The van der Waals surface area contributed by atoms with Crippen molar-refractivity contribution in [3.05, 3.63) is 23.9 Å². The van der Waals surface area contributed by atoms with Crippen molar-refractivity contribution in [3.8, 4) is 0 Å². The molecule has 0 bridgehead atoms. The number of amides is 1. The van der Waals surface area contributed by atoms with Gasteiger partial charge in [-0.25, -0.2) is 9.78 Å². The van der Waals surface area contributed by atoms with E-state index in [1.807, 2.05) is 0 Å². The van der Waals surface area contributed by atoms with E-state index in [1.165, 1.54) is 24.3 Å². The highest BCUT2D eigenvalue weighted by Crippen LogP contribution is 2.34. The van der Waals surface area contributed by atoms with E-state index in [4.69, 9.17) is 0 Å². The van der Waals surface area contributed by atoms with Gasteiger partial charge in [-0.2, -0.15) is 13.2 Å². The predicted molar refractivity (Wildman–Crippen MR) is 69.9 cm³/mol. The zero-order chi connectivity index (χ0) is 15.5. The Labute approximate surface area is 120 Å². The number of hydrogen-bond donors (Lipinski definition) is 1. The number of aromatic nitrogens is 1. The summed E-state index contributed by atoms with van der Waals surface area (Å²) in [6.07, 6.45) is -2.27. The van der Waals surface area contributed by atoms with Crippen molar-refractivity contribution in [2.24, 2.45) is 0 Å². The third-order valence-electron chi connectivity index (χ3n) is 3.31. The predicted octanol–water partition coefficient (Wildman–Crippen LogP) is 2.74. The molecule has 0 aliphatic carbocycles. The highest BCUT2D eigenvalue weighted by molar-refractivity contribution is 5.67. The average molecular weight is 303 g/mol. The van der Waals surface area contributed by atoms with Gasteiger partial charge in [-0.05, 0) is 25.0 Å². The first kappa shape index (κ1) is 15.4. The summed E-state index contributed by atoms with van der Waals surface area (Å²) in [5.74, 6) is -0.207. The van der Waals surface area contributed by atoms with E-state index < -0.39 is 17.8 Å². The number of hydrogen-bond acceptors (Lipinski definition) is 4. The lowest BCUT2D eigenvalue weighted by Crippen LogP contribution is -2.45. The number of pyridine rings is 1. The van der Waals surface area contributed by atoms with E-state index >= 15 is 0 Å². The second-order valence-electron chi connectivity index (χ2n) is 4.80. The standard InChI is InChI=1S/C13H16F3N3O2/c1-21-12(20)19-7-3-4-9(8-19)18-11-10(13(14,15)16)5-2-6-17-11/h2,5-6,9H,3-4,7-8H2,1H3,(H,17,18). The summed E-state index contributed by atoms with van der Waals surface area (Å²) in [7, 11) is 1.28. The molecule has 1 unspecified atom stereocenters. The van der Waals surface area contributed by atoms with Crippen LogP contribution in [0.25, 0.3) is 0 Å². The SMILES string of the molecule is COC(=O)N1CCCC(Nc2ncccc2C(F)(F)F)C1. The van der Waals surface area contributed by atoms with E-state index in [0.717, 1.165) is 6.07 Å². The van der Waals surface area contributed by atoms with E-state index in [-0.39, 0.29) is 11.9 Å². The first-order chi connectivity index (χ1) is 9.91. The maximum absolute atomic E-state index is 12.9. The Bertz CT molecular complexity index is 508. The van der Waals surface area contributed by atoms with Crippen LogP contribution in [0.3, 0.4) is 0 Å². The molecule has 1 aliphatic heterocycles. The van der Waals surface area contributed by atoms with Gasteiger partial charge in [0, 0.05) is 25.3 Å². The molecule has 1 aliphatic rings. The Kier molecular flexibility index (Phi) is 4.54. The molecule has 1 aromatic heterocycles. The molecule has 0 aromatic carbocycles. The number of nitrogens with one attached hydrogen (secondary N) is 1. The minimum absolute atomic E-state index is 0.207. The third kappa shape index (κ3) is 3.77. The quantitative estimate of drug-likeness (QED) is 0.913. The van der Waals surface area contributed by atoms with Gasteiger partial charge >= 0.3 is 12.3 Å². The van der Waals surface area contributed by atoms with Crippen LogP contribution in [0.1, 0.15) is 18.4 Å². The summed E-state index contributed by atoms with van der Waals surface area (Å²) in [4.78, 5) is 16.7. The minimum atomic E-state index is -4.46. The van der Waals surface area contributed by atoms with Gasteiger partial charge in [0.1, 0.15) is 5.82 Å². The largest absolute Gasteiger partial charge is 0.453 e. The van der Waals surface area contributed by atoms with Crippen LogP contribution in [-0.4, -0.2) is 42.2 Å². The summed E-state index contributed by atoms with van der Waals surface area (Å²) in [5, 5.41) is 2.78. The van der Waals surface area contributed by atoms with Gasteiger partial charge < -0.3 is 15.0 Å². The topological polar surface area (TPSA) is 54.5 Å². The Hall–Kier alpha value is -1.99. The lowest BCUT2D eigenvalue weighted by atomic mass is 10.1. The number of alkyl halides is 3. The lowest BCUT2D eigenvalue weighted by molar-refractivity contribution is -0.137. The van der Waals surface area contributed by atoms with E-state index in [9.17, 15) is 18.0 Å². The van der Waals surface area contributed by atoms with Crippen molar-refractivity contribution in [2.45, 2.75) is 25.1 Å². The number of carbonyl (C=O) groups is 1. The van der Waals surface area contributed by atoms with Gasteiger partial charge in [0.05, 0.1) is 12.7 Å². The Balaban J connectivity index is 2.10. The van der Waals surface area contributed by atoms with Crippen molar-refractivity contribution in [1.82, 2.24) is 9.88 Å². The lowest BCUT2D eigenvalue weighted by Gasteiger charge is -2.32. The second-order valence-corrected chi connectivity index (χ2v) is 4.80. The molecule has 2 rings (SSSR count). The maximum Gasteiger partial charge on any atom is 0.419 e. The number of ether oxygens (including phenoxy) is 1. The molecule has 1 saturated heterocycles. The molecule has 1 N–H and O–H groups in total. The molecule has 21 heavy (non-hydrogen) atoms. The number of halogens is 3. The van der Waals surface area contributed by atoms with Gasteiger partial charge in [-0.15, -0.1) is 0 Å². The van der Waals surface area contributed by atoms with Gasteiger partial charge in [0.25, 0.3) is 0 Å². The number of rotatable bonds is 2. The molecule has 2 heterocycles. The molecule has 1 fully saturated rings. The molecule has 1 atom stereocenters. The molecule has 0 saturated carbocycles. The summed E-state index contributed by atoms with van der Waals surface area (Å²) in [6, 6.07) is 1.94. The highest BCUT2D eigenvalue weighted by Gasteiger charge is 2.35. The Morgan fingerprint density at radius 3 is 2.95 bits per heavy atom. The third-order valence-corrected chi connectivity index (χ3v) is 3.31. The van der Waals surface area contributed by atoms with E-state index in [1.54, 1.807) is 0 Å². The Morgan fingerprint density at radius 1 is 1.52 bits per heavy atom. The van der Waals surface area contributed by atoms with Gasteiger partial charge in [0.2, 0.25) is 0 Å². The molecule has 5 nitrogen and oxygen atoms in total. The number of likely N-dealkylation sites (tertiary alicyclic amines) is 1. The van der Waals surface area contributed by atoms with Crippen LogP contribution in [0.4, 0.5) is 23.8 Å².